The Morgan fingerprint density at radius 3 is 2.67 bits per heavy atom. The molecular formula is C13H22N2. The van der Waals surface area contributed by atoms with Gasteiger partial charge in [0.25, 0.3) is 0 Å². The van der Waals surface area contributed by atoms with Crippen molar-refractivity contribution < 1.29 is 0 Å². The molecule has 1 N–H and O–H groups in total. The third kappa shape index (κ3) is 4.93. The van der Waals surface area contributed by atoms with E-state index in [0.717, 1.165) is 19.5 Å². The molecule has 2 heteroatoms. The van der Waals surface area contributed by atoms with Crippen LogP contribution in [0, 0.1) is 5.92 Å². The Labute approximate surface area is 93.1 Å². The van der Waals surface area contributed by atoms with E-state index in [1.807, 2.05) is 6.20 Å². The molecule has 0 aromatic carbocycles. The maximum atomic E-state index is 4.46. The minimum absolute atomic E-state index is 0.682. The predicted octanol–water partition coefficient (Wildman–Crippen LogP) is 2.78. The highest BCUT2D eigenvalue weighted by Gasteiger charge is 1.99. The molecule has 0 aliphatic rings. The Kier molecular flexibility index (Phi) is 5.33. The van der Waals surface area contributed by atoms with Crippen molar-refractivity contribution in [3.63, 3.8) is 0 Å². The van der Waals surface area contributed by atoms with Crippen LogP contribution in [-0.4, -0.2) is 11.5 Å². The van der Waals surface area contributed by atoms with Crippen molar-refractivity contribution in [2.75, 3.05) is 6.54 Å². The number of pyridine rings is 1. The maximum Gasteiger partial charge on any atom is 0.0406 e. The molecule has 84 valence electrons. The van der Waals surface area contributed by atoms with Gasteiger partial charge in [-0.05, 0) is 36.9 Å². The standard InChI is InChI=1S/C13H22N2/c1-4-7-14-9-12-5-6-13(15-10-12)8-11(2)3/h5-6,10-11,14H,4,7-9H2,1-3H3. The Hall–Kier alpha value is -0.890. The molecule has 1 aromatic heterocycles. The Bertz CT molecular complexity index is 264. The largest absolute Gasteiger partial charge is 0.313 e. The van der Waals surface area contributed by atoms with E-state index in [4.69, 9.17) is 0 Å². The molecule has 0 amide bonds. The summed E-state index contributed by atoms with van der Waals surface area (Å²) in [4.78, 5) is 4.46. The zero-order valence-corrected chi connectivity index (χ0v) is 10.1. The molecule has 1 rings (SSSR count). The van der Waals surface area contributed by atoms with Crippen molar-refractivity contribution in [1.29, 1.82) is 0 Å². The monoisotopic (exact) mass is 206 g/mol. The number of nitrogens with zero attached hydrogens (tertiary/aromatic N) is 1. The number of hydrogen-bond donors (Lipinski definition) is 1. The molecular weight excluding hydrogens is 184 g/mol. The fourth-order valence-electron chi connectivity index (χ4n) is 1.51. The Morgan fingerprint density at radius 1 is 1.33 bits per heavy atom. The van der Waals surface area contributed by atoms with Crippen LogP contribution in [0.25, 0.3) is 0 Å². The molecule has 1 heterocycles. The highest BCUT2D eigenvalue weighted by Crippen LogP contribution is 2.06. The summed E-state index contributed by atoms with van der Waals surface area (Å²) in [5, 5.41) is 3.37. The van der Waals surface area contributed by atoms with Gasteiger partial charge in [-0.2, -0.15) is 0 Å². The van der Waals surface area contributed by atoms with Crippen molar-refractivity contribution in [1.82, 2.24) is 10.3 Å². The normalized spacial score (nSPS) is 10.9. The topological polar surface area (TPSA) is 24.9 Å². The molecule has 0 atom stereocenters. The molecule has 0 aliphatic carbocycles. The van der Waals surface area contributed by atoms with E-state index in [2.05, 4.69) is 43.2 Å². The summed E-state index contributed by atoms with van der Waals surface area (Å²) < 4.78 is 0. The highest BCUT2D eigenvalue weighted by molar-refractivity contribution is 5.14. The second kappa shape index (κ2) is 6.57. The first-order valence-electron chi connectivity index (χ1n) is 5.87. The van der Waals surface area contributed by atoms with E-state index < -0.39 is 0 Å². The lowest BCUT2D eigenvalue weighted by Gasteiger charge is -2.06. The average Bonchev–Trinajstić information content (AvgIpc) is 2.20. The van der Waals surface area contributed by atoms with Gasteiger partial charge in [0.15, 0.2) is 0 Å². The van der Waals surface area contributed by atoms with Crippen molar-refractivity contribution in [2.45, 2.75) is 40.2 Å². The average molecular weight is 206 g/mol. The summed E-state index contributed by atoms with van der Waals surface area (Å²) in [6, 6.07) is 4.32. The fourth-order valence-corrected chi connectivity index (χ4v) is 1.51. The third-order valence-electron chi connectivity index (χ3n) is 2.26. The lowest BCUT2D eigenvalue weighted by atomic mass is 10.1. The van der Waals surface area contributed by atoms with Crippen LogP contribution in [-0.2, 0) is 13.0 Å². The van der Waals surface area contributed by atoms with Gasteiger partial charge in [-0.1, -0.05) is 26.8 Å². The lowest BCUT2D eigenvalue weighted by molar-refractivity contribution is 0.632. The summed E-state index contributed by atoms with van der Waals surface area (Å²) >= 11 is 0. The molecule has 0 saturated carbocycles. The molecule has 0 unspecified atom stereocenters. The van der Waals surface area contributed by atoms with Crippen LogP contribution in [0.3, 0.4) is 0 Å². The van der Waals surface area contributed by atoms with E-state index in [9.17, 15) is 0 Å². The van der Waals surface area contributed by atoms with E-state index in [1.54, 1.807) is 0 Å². The predicted molar refractivity (Wildman–Crippen MR) is 64.8 cm³/mol. The summed E-state index contributed by atoms with van der Waals surface area (Å²) in [6.07, 6.45) is 4.24. The van der Waals surface area contributed by atoms with Crippen molar-refractivity contribution in [3.05, 3.63) is 29.6 Å². The molecule has 0 radical (unpaired) electrons. The summed E-state index contributed by atoms with van der Waals surface area (Å²) in [7, 11) is 0. The fraction of sp³-hybridized carbons (Fsp3) is 0.615. The SMILES string of the molecule is CCCNCc1ccc(CC(C)C)nc1. The molecule has 0 fully saturated rings. The molecule has 0 aliphatic heterocycles. The van der Waals surface area contributed by atoms with Gasteiger partial charge in [0.05, 0.1) is 0 Å². The molecule has 1 aromatic rings. The van der Waals surface area contributed by atoms with Gasteiger partial charge >= 0.3 is 0 Å². The summed E-state index contributed by atoms with van der Waals surface area (Å²) in [5.41, 5.74) is 2.47. The van der Waals surface area contributed by atoms with Crippen molar-refractivity contribution >= 4 is 0 Å². The van der Waals surface area contributed by atoms with E-state index in [0.29, 0.717) is 5.92 Å². The van der Waals surface area contributed by atoms with Crippen LogP contribution in [0.1, 0.15) is 38.4 Å². The van der Waals surface area contributed by atoms with Crippen LogP contribution in [0.15, 0.2) is 18.3 Å². The third-order valence-corrected chi connectivity index (χ3v) is 2.26. The molecule has 2 nitrogen and oxygen atoms in total. The molecule has 15 heavy (non-hydrogen) atoms. The first-order chi connectivity index (χ1) is 7.22. The summed E-state index contributed by atoms with van der Waals surface area (Å²) in [6.45, 7) is 8.63. The van der Waals surface area contributed by atoms with Gasteiger partial charge in [-0.25, -0.2) is 0 Å². The van der Waals surface area contributed by atoms with Crippen LogP contribution in [0.4, 0.5) is 0 Å². The van der Waals surface area contributed by atoms with Crippen LogP contribution in [0.5, 0.6) is 0 Å². The zero-order valence-electron chi connectivity index (χ0n) is 10.1. The smallest absolute Gasteiger partial charge is 0.0406 e. The lowest BCUT2D eigenvalue weighted by Crippen LogP contribution is -2.14. The minimum Gasteiger partial charge on any atom is -0.313 e. The van der Waals surface area contributed by atoms with Gasteiger partial charge < -0.3 is 5.32 Å². The van der Waals surface area contributed by atoms with E-state index >= 15 is 0 Å². The first kappa shape index (κ1) is 12.2. The van der Waals surface area contributed by atoms with Crippen LogP contribution >= 0.6 is 0 Å². The highest BCUT2D eigenvalue weighted by atomic mass is 14.8. The Morgan fingerprint density at radius 2 is 2.13 bits per heavy atom. The molecule has 0 bridgehead atoms. The van der Waals surface area contributed by atoms with E-state index in [-0.39, 0.29) is 0 Å². The Balaban J connectivity index is 2.42. The number of aromatic nitrogens is 1. The van der Waals surface area contributed by atoms with Gasteiger partial charge in [0, 0.05) is 18.4 Å². The van der Waals surface area contributed by atoms with Gasteiger partial charge in [-0.15, -0.1) is 0 Å². The maximum absolute atomic E-state index is 4.46. The zero-order chi connectivity index (χ0) is 11.1. The molecule has 0 saturated heterocycles. The summed E-state index contributed by atoms with van der Waals surface area (Å²) in [5.74, 6) is 0.682. The van der Waals surface area contributed by atoms with Crippen molar-refractivity contribution in [3.8, 4) is 0 Å². The van der Waals surface area contributed by atoms with Crippen LogP contribution < -0.4 is 5.32 Å². The quantitative estimate of drug-likeness (QED) is 0.724. The minimum atomic E-state index is 0.682. The number of rotatable bonds is 6. The first-order valence-corrected chi connectivity index (χ1v) is 5.87. The second-order valence-corrected chi connectivity index (χ2v) is 4.43. The van der Waals surface area contributed by atoms with Crippen molar-refractivity contribution in [2.24, 2.45) is 5.92 Å². The number of hydrogen-bond acceptors (Lipinski definition) is 2. The van der Waals surface area contributed by atoms with Gasteiger partial charge in [0.2, 0.25) is 0 Å². The second-order valence-electron chi connectivity index (χ2n) is 4.43. The van der Waals surface area contributed by atoms with E-state index in [1.165, 1.54) is 17.7 Å². The molecule has 0 spiro atoms. The van der Waals surface area contributed by atoms with Gasteiger partial charge in [-0.3, -0.25) is 4.98 Å². The number of nitrogens with one attached hydrogen (secondary N) is 1. The van der Waals surface area contributed by atoms with Gasteiger partial charge in [0.1, 0.15) is 0 Å². The van der Waals surface area contributed by atoms with Crippen LogP contribution in [0.2, 0.25) is 0 Å².